The van der Waals surface area contributed by atoms with Crippen molar-refractivity contribution in [3.05, 3.63) is 83.3 Å². The summed E-state index contributed by atoms with van der Waals surface area (Å²) in [5, 5.41) is 18.8. The van der Waals surface area contributed by atoms with Crippen LogP contribution in [0.25, 0.3) is 5.69 Å². The molecule has 1 amide bonds. The fourth-order valence-corrected chi connectivity index (χ4v) is 4.79. The molecule has 2 aromatic heterocycles. The number of benzene rings is 2. The second-order valence-electron chi connectivity index (χ2n) is 8.20. The maximum absolute atomic E-state index is 13.3. The Kier molecular flexibility index (Phi) is 6.37. The number of aryl methyl sites for hydroxylation is 2. The maximum atomic E-state index is 13.3. The molecule has 0 radical (unpaired) electrons. The molecule has 35 heavy (non-hydrogen) atoms. The van der Waals surface area contributed by atoms with Crippen molar-refractivity contribution < 1.29 is 13.9 Å². The van der Waals surface area contributed by atoms with E-state index in [1.807, 2.05) is 62.4 Å². The fourth-order valence-electron chi connectivity index (χ4n) is 4.06. The van der Waals surface area contributed by atoms with Gasteiger partial charge in [-0.15, -0.1) is 5.10 Å². The average Bonchev–Trinajstić information content (AvgIpc) is 3.63. The number of carbonyl (C=O) groups excluding carboxylic acids is 1. The number of thioether (sulfide) groups is 1. The molecule has 0 saturated heterocycles. The minimum Gasteiger partial charge on any atom is -0.497 e. The molecule has 3 heterocycles. The van der Waals surface area contributed by atoms with Crippen molar-refractivity contribution in [2.45, 2.75) is 31.5 Å². The third kappa shape index (κ3) is 4.69. The summed E-state index contributed by atoms with van der Waals surface area (Å²) in [6, 6.07) is 17.1. The number of nitrogens with zero attached hydrogens (tertiary/aromatic N) is 6. The zero-order valence-electron chi connectivity index (χ0n) is 19.6. The van der Waals surface area contributed by atoms with Crippen LogP contribution in [0.3, 0.4) is 0 Å². The molecule has 1 unspecified atom stereocenters. The minimum atomic E-state index is -0.314. The van der Waals surface area contributed by atoms with Gasteiger partial charge in [0.15, 0.2) is 0 Å². The lowest BCUT2D eigenvalue weighted by molar-refractivity contribution is -0.130. The third-order valence-corrected chi connectivity index (χ3v) is 6.71. The van der Waals surface area contributed by atoms with Crippen molar-refractivity contribution in [2.24, 2.45) is 5.10 Å². The summed E-state index contributed by atoms with van der Waals surface area (Å²) >= 11 is 1.28. The van der Waals surface area contributed by atoms with Crippen LogP contribution in [-0.4, -0.2) is 49.7 Å². The molecule has 1 atom stereocenters. The monoisotopic (exact) mass is 488 g/mol. The number of amides is 1. The average molecular weight is 489 g/mol. The van der Waals surface area contributed by atoms with Crippen molar-refractivity contribution in [1.82, 2.24) is 25.2 Å². The third-order valence-electron chi connectivity index (χ3n) is 5.81. The van der Waals surface area contributed by atoms with Crippen LogP contribution in [0.15, 0.2) is 75.5 Å². The Morgan fingerprint density at radius 3 is 2.71 bits per heavy atom. The van der Waals surface area contributed by atoms with Gasteiger partial charge in [-0.25, -0.2) is 5.01 Å². The second-order valence-corrected chi connectivity index (χ2v) is 9.14. The van der Waals surface area contributed by atoms with Crippen molar-refractivity contribution in [3.8, 4) is 11.4 Å². The van der Waals surface area contributed by atoms with Crippen LogP contribution in [0, 0.1) is 13.8 Å². The van der Waals surface area contributed by atoms with Crippen LogP contribution in [0.2, 0.25) is 0 Å². The van der Waals surface area contributed by atoms with Crippen LogP contribution in [-0.2, 0) is 4.79 Å². The molecular formula is C25H24N6O3S. The van der Waals surface area contributed by atoms with Gasteiger partial charge in [-0.3, -0.25) is 4.79 Å². The zero-order chi connectivity index (χ0) is 24.4. The number of hydrazone groups is 1. The van der Waals surface area contributed by atoms with Crippen LogP contribution in [0.4, 0.5) is 0 Å². The van der Waals surface area contributed by atoms with Crippen LogP contribution in [0.5, 0.6) is 5.75 Å². The van der Waals surface area contributed by atoms with Crippen LogP contribution >= 0.6 is 11.8 Å². The number of hydrogen-bond donors (Lipinski definition) is 0. The van der Waals surface area contributed by atoms with E-state index in [9.17, 15) is 4.79 Å². The number of tetrazole rings is 1. The lowest BCUT2D eigenvalue weighted by Gasteiger charge is -2.19. The number of hydrogen-bond acceptors (Lipinski definition) is 8. The van der Waals surface area contributed by atoms with E-state index in [-0.39, 0.29) is 17.7 Å². The van der Waals surface area contributed by atoms with E-state index < -0.39 is 0 Å². The quantitative estimate of drug-likeness (QED) is 0.357. The number of aromatic nitrogens is 4. The lowest BCUT2D eigenvalue weighted by atomic mass is 10.0. The second kappa shape index (κ2) is 9.75. The molecule has 178 valence electrons. The van der Waals surface area contributed by atoms with E-state index in [1.165, 1.54) is 16.8 Å². The van der Waals surface area contributed by atoms with E-state index in [1.54, 1.807) is 18.1 Å². The minimum absolute atomic E-state index is 0.127. The Balaban J connectivity index is 1.36. The van der Waals surface area contributed by atoms with E-state index in [4.69, 9.17) is 9.15 Å². The summed E-state index contributed by atoms with van der Waals surface area (Å²) in [5.74, 6) is 1.42. The van der Waals surface area contributed by atoms with Gasteiger partial charge in [-0.05, 0) is 77.9 Å². The van der Waals surface area contributed by atoms with Gasteiger partial charge in [0.1, 0.15) is 17.6 Å². The normalized spacial score (nSPS) is 15.3. The molecule has 9 nitrogen and oxygen atoms in total. The van der Waals surface area contributed by atoms with Crippen LogP contribution < -0.4 is 4.74 Å². The van der Waals surface area contributed by atoms with Crippen molar-refractivity contribution in [1.29, 1.82) is 0 Å². The standard InChI is InChI=1S/C25H24N6O3S/c1-16-6-11-21(17(2)13-16)31-25(26-28-29-31)35-15-24(32)30-22(23-5-4-12-34-23)14-20(27-30)18-7-9-19(33-3)10-8-18/h4-13,22H,14-15H2,1-3H3. The fraction of sp³-hybridized carbons (Fsp3) is 0.240. The first-order chi connectivity index (χ1) is 17.0. The molecule has 0 saturated carbocycles. The van der Waals surface area contributed by atoms with E-state index in [0.717, 1.165) is 33.8 Å². The molecular weight excluding hydrogens is 464 g/mol. The molecule has 10 heteroatoms. The molecule has 1 aliphatic heterocycles. The summed E-state index contributed by atoms with van der Waals surface area (Å²) in [5.41, 5.74) is 4.84. The Bertz CT molecular complexity index is 1360. The van der Waals surface area contributed by atoms with Crippen molar-refractivity contribution >= 4 is 23.4 Å². The molecule has 0 fully saturated rings. The van der Waals surface area contributed by atoms with Crippen LogP contribution in [0.1, 0.15) is 34.9 Å². The van der Waals surface area contributed by atoms with Crippen molar-refractivity contribution in [3.63, 3.8) is 0 Å². The summed E-state index contributed by atoms with van der Waals surface area (Å²) in [6.07, 6.45) is 2.16. The molecule has 2 aromatic carbocycles. The predicted molar refractivity (Wildman–Crippen MR) is 132 cm³/mol. The predicted octanol–water partition coefficient (Wildman–Crippen LogP) is 4.35. The van der Waals surface area contributed by atoms with Gasteiger partial charge in [-0.1, -0.05) is 29.5 Å². The van der Waals surface area contributed by atoms with E-state index in [2.05, 4.69) is 26.7 Å². The van der Waals surface area contributed by atoms with Gasteiger partial charge in [0.05, 0.1) is 30.5 Å². The highest BCUT2D eigenvalue weighted by Gasteiger charge is 2.35. The Morgan fingerprint density at radius 2 is 2.00 bits per heavy atom. The SMILES string of the molecule is COc1ccc(C2=NN(C(=O)CSc3nnnn3-c3ccc(C)cc3C)C(c3ccco3)C2)cc1. The number of methoxy groups -OCH3 is 1. The highest BCUT2D eigenvalue weighted by atomic mass is 32.2. The number of carbonyl (C=O) groups is 1. The largest absolute Gasteiger partial charge is 0.497 e. The Labute approximate surface area is 206 Å². The summed E-state index contributed by atoms with van der Waals surface area (Å²) in [4.78, 5) is 13.3. The zero-order valence-corrected chi connectivity index (χ0v) is 20.4. The molecule has 0 N–H and O–H groups in total. The maximum Gasteiger partial charge on any atom is 0.253 e. The molecule has 0 aliphatic carbocycles. The van der Waals surface area contributed by atoms with E-state index in [0.29, 0.717) is 17.3 Å². The topological polar surface area (TPSA) is 98.6 Å². The smallest absolute Gasteiger partial charge is 0.253 e. The first-order valence-electron chi connectivity index (χ1n) is 11.1. The number of ether oxygens (including phenoxy) is 1. The summed E-state index contributed by atoms with van der Waals surface area (Å²) in [7, 11) is 1.63. The van der Waals surface area contributed by atoms with Crippen molar-refractivity contribution in [2.75, 3.05) is 12.9 Å². The van der Waals surface area contributed by atoms with E-state index >= 15 is 0 Å². The number of rotatable bonds is 7. The molecule has 4 aromatic rings. The van der Waals surface area contributed by atoms with Gasteiger partial charge >= 0.3 is 0 Å². The first kappa shape index (κ1) is 22.9. The lowest BCUT2D eigenvalue weighted by Crippen LogP contribution is -2.28. The van der Waals surface area contributed by atoms with Gasteiger partial charge in [0.25, 0.3) is 5.91 Å². The highest BCUT2D eigenvalue weighted by Crippen LogP contribution is 2.34. The first-order valence-corrected chi connectivity index (χ1v) is 12.1. The van der Waals surface area contributed by atoms with Gasteiger partial charge in [-0.2, -0.15) is 9.78 Å². The van der Waals surface area contributed by atoms with Gasteiger partial charge < -0.3 is 9.15 Å². The molecule has 1 aliphatic rings. The Morgan fingerprint density at radius 1 is 1.17 bits per heavy atom. The number of furan rings is 1. The summed E-state index contributed by atoms with van der Waals surface area (Å²) < 4.78 is 12.6. The molecule has 0 bridgehead atoms. The van der Waals surface area contributed by atoms with Gasteiger partial charge in [0, 0.05) is 6.42 Å². The summed E-state index contributed by atoms with van der Waals surface area (Å²) in [6.45, 7) is 4.05. The molecule has 0 spiro atoms. The highest BCUT2D eigenvalue weighted by molar-refractivity contribution is 7.99. The van der Waals surface area contributed by atoms with Gasteiger partial charge in [0.2, 0.25) is 5.16 Å². The molecule has 5 rings (SSSR count). The Hall–Kier alpha value is -3.92.